The van der Waals surface area contributed by atoms with Gasteiger partial charge < -0.3 is 5.32 Å². The predicted molar refractivity (Wildman–Crippen MR) is 74.2 cm³/mol. The SMILES string of the molecule is CNCC(Cc1ccc(F)cc1F)C1CCS(=O)(=O)C1. The number of benzene rings is 1. The molecule has 0 radical (unpaired) electrons. The zero-order valence-corrected chi connectivity index (χ0v) is 12.2. The molecular formula is C14H19F2NO2S. The number of hydrogen-bond acceptors (Lipinski definition) is 3. The van der Waals surface area contributed by atoms with Gasteiger partial charge in [-0.15, -0.1) is 0 Å². The Morgan fingerprint density at radius 2 is 2.15 bits per heavy atom. The van der Waals surface area contributed by atoms with Crippen LogP contribution in [0, 0.1) is 23.5 Å². The minimum Gasteiger partial charge on any atom is -0.319 e. The molecule has 6 heteroatoms. The van der Waals surface area contributed by atoms with Gasteiger partial charge in [0.2, 0.25) is 0 Å². The standard InChI is InChI=1S/C14H19F2NO2S/c1-17-8-12(11-4-5-20(18,19)9-11)6-10-2-3-13(15)7-14(10)16/h2-3,7,11-12,17H,4-6,8-9H2,1H3. The van der Waals surface area contributed by atoms with Crippen LogP contribution in [0.4, 0.5) is 8.78 Å². The summed E-state index contributed by atoms with van der Waals surface area (Å²) in [5, 5.41) is 3.03. The summed E-state index contributed by atoms with van der Waals surface area (Å²) < 4.78 is 49.8. The molecule has 2 unspecified atom stereocenters. The van der Waals surface area contributed by atoms with Crippen molar-refractivity contribution in [1.82, 2.24) is 5.32 Å². The van der Waals surface area contributed by atoms with E-state index in [0.29, 0.717) is 24.9 Å². The fourth-order valence-corrected chi connectivity index (χ4v) is 4.75. The molecule has 3 nitrogen and oxygen atoms in total. The van der Waals surface area contributed by atoms with Crippen molar-refractivity contribution in [2.24, 2.45) is 11.8 Å². The van der Waals surface area contributed by atoms with Gasteiger partial charge >= 0.3 is 0 Å². The summed E-state index contributed by atoms with van der Waals surface area (Å²) in [5.41, 5.74) is 0.441. The molecule has 1 aliphatic heterocycles. The molecule has 1 aromatic rings. The van der Waals surface area contributed by atoms with Gasteiger partial charge in [-0.3, -0.25) is 0 Å². The Balaban J connectivity index is 2.13. The highest BCUT2D eigenvalue weighted by Crippen LogP contribution is 2.29. The highest BCUT2D eigenvalue weighted by Gasteiger charge is 2.33. The molecule has 0 bridgehead atoms. The molecule has 1 N–H and O–H groups in total. The molecule has 2 atom stereocenters. The number of rotatable bonds is 5. The van der Waals surface area contributed by atoms with Crippen LogP contribution in [0.1, 0.15) is 12.0 Å². The average molecular weight is 303 g/mol. The van der Waals surface area contributed by atoms with E-state index >= 15 is 0 Å². The second kappa shape index (κ2) is 6.18. The minimum absolute atomic E-state index is 0.0388. The summed E-state index contributed by atoms with van der Waals surface area (Å²) in [6.07, 6.45) is 1.05. The highest BCUT2D eigenvalue weighted by atomic mass is 32.2. The molecular weight excluding hydrogens is 284 g/mol. The van der Waals surface area contributed by atoms with E-state index in [2.05, 4.69) is 5.32 Å². The monoisotopic (exact) mass is 303 g/mol. The van der Waals surface area contributed by atoms with E-state index in [4.69, 9.17) is 0 Å². The third-order valence-electron chi connectivity index (χ3n) is 3.90. The van der Waals surface area contributed by atoms with Gasteiger partial charge in [0.25, 0.3) is 0 Å². The summed E-state index contributed by atoms with van der Waals surface area (Å²) in [6.45, 7) is 0.622. The molecule has 1 aromatic carbocycles. The minimum atomic E-state index is -2.95. The third kappa shape index (κ3) is 3.76. The largest absolute Gasteiger partial charge is 0.319 e. The zero-order chi connectivity index (χ0) is 14.8. The Bertz CT molecular complexity index is 575. The van der Waals surface area contributed by atoms with Crippen molar-refractivity contribution < 1.29 is 17.2 Å². The van der Waals surface area contributed by atoms with Crippen LogP contribution in [-0.4, -0.2) is 33.5 Å². The normalized spacial score (nSPS) is 22.9. The molecule has 2 rings (SSSR count). The summed E-state index contributed by atoms with van der Waals surface area (Å²) in [7, 11) is -1.16. The van der Waals surface area contributed by atoms with Crippen molar-refractivity contribution in [1.29, 1.82) is 0 Å². The molecule has 0 aliphatic carbocycles. The van der Waals surface area contributed by atoms with Crippen molar-refractivity contribution in [3.05, 3.63) is 35.4 Å². The predicted octanol–water partition coefficient (Wildman–Crippen LogP) is 1.78. The lowest BCUT2D eigenvalue weighted by atomic mass is 9.86. The maximum atomic E-state index is 13.7. The summed E-state index contributed by atoms with van der Waals surface area (Å²) in [4.78, 5) is 0. The first kappa shape index (κ1) is 15.4. The Kier molecular flexibility index (Phi) is 4.75. The number of halogens is 2. The van der Waals surface area contributed by atoms with Crippen molar-refractivity contribution >= 4 is 9.84 Å². The van der Waals surface area contributed by atoms with E-state index in [1.165, 1.54) is 12.1 Å². The van der Waals surface area contributed by atoms with Crippen molar-refractivity contribution in [2.45, 2.75) is 12.8 Å². The average Bonchev–Trinajstić information content (AvgIpc) is 2.72. The first-order valence-electron chi connectivity index (χ1n) is 6.70. The van der Waals surface area contributed by atoms with Crippen molar-refractivity contribution in [3.8, 4) is 0 Å². The molecule has 0 amide bonds. The van der Waals surface area contributed by atoms with E-state index < -0.39 is 21.5 Å². The lowest BCUT2D eigenvalue weighted by Gasteiger charge is -2.22. The summed E-state index contributed by atoms with van der Waals surface area (Å²) >= 11 is 0. The molecule has 0 spiro atoms. The van der Waals surface area contributed by atoms with Crippen LogP contribution in [-0.2, 0) is 16.3 Å². The maximum absolute atomic E-state index is 13.7. The van der Waals surface area contributed by atoms with E-state index in [9.17, 15) is 17.2 Å². The zero-order valence-electron chi connectivity index (χ0n) is 11.4. The van der Waals surface area contributed by atoms with Gasteiger partial charge in [0.1, 0.15) is 11.6 Å². The first-order chi connectivity index (χ1) is 9.41. The number of hydrogen-bond donors (Lipinski definition) is 1. The van der Waals surface area contributed by atoms with Crippen LogP contribution >= 0.6 is 0 Å². The van der Waals surface area contributed by atoms with Crippen molar-refractivity contribution in [2.75, 3.05) is 25.1 Å². The number of sulfone groups is 1. The fourth-order valence-electron chi connectivity index (χ4n) is 2.83. The molecule has 1 heterocycles. The Labute approximate surface area is 118 Å². The van der Waals surface area contributed by atoms with E-state index in [-0.39, 0.29) is 23.3 Å². The number of nitrogens with one attached hydrogen (secondary N) is 1. The van der Waals surface area contributed by atoms with Gasteiger partial charge in [0.05, 0.1) is 11.5 Å². The van der Waals surface area contributed by atoms with Crippen LogP contribution < -0.4 is 5.32 Å². The second-order valence-corrected chi connectivity index (χ2v) is 7.65. The molecule has 20 heavy (non-hydrogen) atoms. The van der Waals surface area contributed by atoms with Crippen LogP contribution in [0.15, 0.2) is 18.2 Å². The van der Waals surface area contributed by atoms with Crippen LogP contribution in [0.5, 0.6) is 0 Å². The first-order valence-corrected chi connectivity index (χ1v) is 8.52. The second-order valence-electron chi connectivity index (χ2n) is 5.42. The maximum Gasteiger partial charge on any atom is 0.150 e. The van der Waals surface area contributed by atoms with Crippen LogP contribution in [0.25, 0.3) is 0 Å². The van der Waals surface area contributed by atoms with Crippen molar-refractivity contribution in [3.63, 3.8) is 0 Å². The Morgan fingerprint density at radius 3 is 2.70 bits per heavy atom. The van der Waals surface area contributed by atoms with Crippen LogP contribution in [0.2, 0.25) is 0 Å². The molecule has 0 saturated carbocycles. The lowest BCUT2D eigenvalue weighted by molar-refractivity contribution is 0.347. The quantitative estimate of drug-likeness (QED) is 0.902. The Morgan fingerprint density at radius 1 is 1.40 bits per heavy atom. The smallest absolute Gasteiger partial charge is 0.150 e. The van der Waals surface area contributed by atoms with E-state index in [1.807, 2.05) is 0 Å². The molecule has 112 valence electrons. The fraction of sp³-hybridized carbons (Fsp3) is 0.571. The van der Waals surface area contributed by atoms with E-state index in [1.54, 1.807) is 7.05 Å². The lowest BCUT2D eigenvalue weighted by Crippen LogP contribution is -2.29. The van der Waals surface area contributed by atoms with E-state index in [0.717, 1.165) is 6.07 Å². The third-order valence-corrected chi connectivity index (χ3v) is 5.69. The van der Waals surface area contributed by atoms with Gasteiger partial charge in [0, 0.05) is 6.07 Å². The van der Waals surface area contributed by atoms with Gasteiger partial charge in [-0.1, -0.05) is 6.07 Å². The van der Waals surface area contributed by atoms with Gasteiger partial charge in [-0.25, -0.2) is 17.2 Å². The molecule has 1 aliphatic rings. The summed E-state index contributed by atoms with van der Waals surface area (Å²) in [6, 6.07) is 3.55. The molecule has 0 aromatic heterocycles. The summed E-state index contributed by atoms with van der Waals surface area (Å²) in [5.74, 6) is -0.702. The topological polar surface area (TPSA) is 46.2 Å². The van der Waals surface area contributed by atoms with Gasteiger partial charge in [0.15, 0.2) is 9.84 Å². The van der Waals surface area contributed by atoms with Gasteiger partial charge in [-0.2, -0.15) is 0 Å². The Hall–Kier alpha value is -1.01. The van der Waals surface area contributed by atoms with Crippen LogP contribution in [0.3, 0.4) is 0 Å². The molecule has 1 fully saturated rings. The highest BCUT2D eigenvalue weighted by molar-refractivity contribution is 7.91. The van der Waals surface area contributed by atoms with Gasteiger partial charge in [-0.05, 0) is 49.9 Å². The molecule has 1 saturated heterocycles.